The molecule has 0 bridgehead atoms. The Hall–Kier alpha value is -0.820. The maximum atomic E-state index is 12.4. The van der Waals surface area contributed by atoms with Crippen LogP contribution in [0.25, 0.3) is 0 Å². The number of benzene rings is 1. The molecule has 0 spiro atoms. The van der Waals surface area contributed by atoms with Crippen molar-refractivity contribution in [2.75, 3.05) is 19.0 Å². The first-order chi connectivity index (χ1) is 10.8. The van der Waals surface area contributed by atoms with Crippen LogP contribution in [0.3, 0.4) is 0 Å². The summed E-state index contributed by atoms with van der Waals surface area (Å²) in [6.45, 7) is 5.06. The number of nitrogens with zero attached hydrogens (tertiary/aromatic N) is 1. The van der Waals surface area contributed by atoms with Crippen LogP contribution in [-0.4, -0.2) is 41.7 Å². The minimum atomic E-state index is -0.530. The molecule has 0 aromatic heterocycles. The number of hydrogen-bond acceptors (Lipinski definition) is 2. The van der Waals surface area contributed by atoms with Gasteiger partial charge in [0.2, 0.25) is 5.91 Å². The summed E-state index contributed by atoms with van der Waals surface area (Å²) in [4.78, 5) is 26.6. The summed E-state index contributed by atoms with van der Waals surface area (Å²) < 4.78 is 0.944. The van der Waals surface area contributed by atoms with E-state index >= 15 is 0 Å². The van der Waals surface area contributed by atoms with Gasteiger partial charge >= 0.3 is 0 Å². The summed E-state index contributed by atoms with van der Waals surface area (Å²) in [6.07, 6.45) is 1.55. The first-order valence-electron chi connectivity index (χ1n) is 7.76. The first-order valence-corrected chi connectivity index (χ1v) is 9.37. The van der Waals surface area contributed by atoms with Crippen molar-refractivity contribution < 1.29 is 9.59 Å². The molecule has 0 aliphatic carbocycles. The van der Waals surface area contributed by atoms with Crippen LogP contribution >= 0.6 is 34.2 Å². The first kappa shape index (κ1) is 18.5. The van der Waals surface area contributed by atoms with Gasteiger partial charge in [-0.2, -0.15) is 0 Å². The van der Waals surface area contributed by atoms with Gasteiger partial charge in [-0.25, -0.2) is 0 Å². The number of carbonyl (C=O) groups excluding carboxylic acids is 2. The van der Waals surface area contributed by atoms with Crippen molar-refractivity contribution in [3.05, 3.63) is 33.4 Å². The highest BCUT2D eigenvalue weighted by Crippen LogP contribution is 2.23. The number of rotatable bonds is 4. The van der Waals surface area contributed by atoms with E-state index < -0.39 is 5.41 Å². The van der Waals surface area contributed by atoms with Gasteiger partial charge in [0.1, 0.15) is 0 Å². The molecule has 1 saturated heterocycles. The van der Waals surface area contributed by atoms with Crippen molar-refractivity contribution in [1.29, 1.82) is 0 Å². The molecule has 126 valence electrons. The monoisotopic (exact) mass is 448 g/mol. The Morgan fingerprint density at radius 1 is 1.30 bits per heavy atom. The molecule has 4 nitrogen and oxygen atoms in total. The molecule has 23 heavy (non-hydrogen) atoms. The van der Waals surface area contributed by atoms with Crippen LogP contribution in [0.4, 0.5) is 0 Å². The predicted octanol–water partition coefficient (Wildman–Crippen LogP) is 3.28. The molecule has 1 N–H and O–H groups in total. The second-order valence-electron chi connectivity index (χ2n) is 6.54. The molecule has 0 saturated carbocycles. The molecule has 6 heteroatoms. The van der Waals surface area contributed by atoms with Gasteiger partial charge in [-0.1, -0.05) is 12.1 Å². The zero-order valence-electron chi connectivity index (χ0n) is 13.4. The minimum absolute atomic E-state index is 0.0409. The fourth-order valence-electron chi connectivity index (χ4n) is 2.62. The number of hydrogen-bond donors (Lipinski definition) is 1. The molecule has 2 rings (SSSR count). The Balaban J connectivity index is 1.89. The van der Waals surface area contributed by atoms with Gasteiger partial charge < -0.3 is 10.2 Å². The van der Waals surface area contributed by atoms with Crippen molar-refractivity contribution in [1.82, 2.24) is 10.2 Å². The number of carbonyl (C=O) groups is 2. The van der Waals surface area contributed by atoms with Gasteiger partial charge in [0.05, 0.1) is 11.0 Å². The number of alkyl halides is 1. The average Bonchev–Trinajstić information content (AvgIpc) is 2.55. The Morgan fingerprint density at radius 2 is 1.91 bits per heavy atom. The van der Waals surface area contributed by atoms with Gasteiger partial charge in [-0.05, 0) is 61.4 Å². The van der Waals surface area contributed by atoms with Crippen molar-refractivity contribution in [3.8, 4) is 0 Å². The number of halogens is 2. The average molecular weight is 449 g/mol. The third-order valence-electron chi connectivity index (χ3n) is 4.15. The fourth-order valence-corrected chi connectivity index (χ4v) is 3.37. The van der Waals surface area contributed by atoms with Crippen molar-refractivity contribution in [2.45, 2.75) is 32.7 Å². The van der Waals surface area contributed by atoms with Gasteiger partial charge in [-0.15, -0.1) is 11.6 Å². The zero-order chi connectivity index (χ0) is 17.0. The van der Waals surface area contributed by atoms with Gasteiger partial charge in [0, 0.05) is 28.6 Å². The summed E-state index contributed by atoms with van der Waals surface area (Å²) in [5, 5.41) is 3.08. The van der Waals surface area contributed by atoms with Gasteiger partial charge in [-0.3, -0.25) is 9.59 Å². The van der Waals surface area contributed by atoms with Crippen molar-refractivity contribution in [2.24, 2.45) is 5.41 Å². The lowest BCUT2D eigenvalue weighted by atomic mass is 9.92. The van der Waals surface area contributed by atoms with Crippen LogP contribution in [0, 0.1) is 8.99 Å². The summed E-state index contributed by atoms with van der Waals surface area (Å²) in [7, 11) is 0. The molecule has 1 aromatic rings. The van der Waals surface area contributed by atoms with Crippen LogP contribution in [0.1, 0.15) is 37.0 Å². The third kappa shape index (κ3) is 4.59. The molecule has 2 amide bonds. The van der Waals surface area contributed by atoms with E-state index in [4.69, 9.17) is 11.6 Å². The largest absolute Gasteiger partial charge is 0.349 e. The predicted molar refractivity (Wildman–Crippen MR) is 101 cm³/mol. The highest BCUT2D eigenvalue weighted by molar-refractivity contribution is 14.1. The molecule has 1 aliphatic heterocycles. The summed E-state index contributed by atoms with van der Waals surface area (Å²) in [6, 6.07) is 7.65. The summed E-state index contributed by atoms with van der Waals surface area (Å²) in [5.41, 5.74) is 0.174. The normalized spacial score (nSPS) is 16.3. The topological polar surface area (TPSA) is 49.4 Å². The number of likely N-dealkylation sites (tertiary alicyclic amines) is 1. The molecule has 1 aromatic carbocycles. The van der Waals surface area contributed by atoms with Crippen LogP contribution in [-0.2, 0) is 4.79 Å². The SMILES string of the molecule is CC(C)(CCl)C(=O)N1CCC(NC(=O)c2ccccc2I)CC1. The minimum Gasteiger partial charge on any atom is -0.349 e. The van der Waals surface area contributed by atoms with Gasteiger partial charge in [0.15, 0.2) is 0 Å². The molecular formula is C17H22ClIN2O2. The van der Waals surface area contributed by atoms with E-state index in [2.05, 4.69) is 27.9 Å². The maximum absolute atomic E-state index is 12.4. The number of nitrogens with one attached hydrogen (secondary N) is 1. The van der Waals surface area contributed by atoms with E-state index in [0.29, 0.717) is 24.5 Å². The molecular weight excluding hydrogens is 427 g/mol. The molecule has 1 fully saturated rings. The second-order valence-corrected chi connectivity index (χ2v) is 7.97. The van der Waals surface area contributed by atoms with E-state index in [1.54, 1.807) is 0 Å². The van der Waals surface area contributed by atoms with Crippen LogP contribution in [0.2, 0.25) is 0 Å². The van der Waals surface area contributed by atoms with Crippen molar-refractivity contribution >= 4 is 46.0 Å². The number of amides is 2. The second kappa shape index (κ2) is 7.83. The van der Waals surface area contributed by atoms with Crippen LogP contribution in [0.15, 0.2) is 24.3 Å². The van der Waals surface area contributed by atoms with E-state index in [0.717, 1.165) is 16.4 Å². The Morgan fingerprint density at radius 3 is 2.48 bits per heavy atom. The summed E-state index contributed by atoms with van der Waals surface area (Å²) >= 11 is 8.05. The lowest BCUT2D eigenvalue weighted by molar-refractivity contribution is -0.140. The Labute approximate surface area is 156 Å². The lowest BCUT2D eigenvalue weighted by Crippen LogP contribution is -2.50. The van der Waals surface area contributed by atoms with E-state index in [9.17, 15) is 9.59 Å². The standard InChI is InChI=1S/C17H22ClIN2O2/c1-17(2,11-18)16(23)21-9-7-12(8-10-21)20-15(22)13-5-3-4-6-14(13)19/h3-6,12H,7-11H2,1-2H3,(H,20,22). The maximum Gasteiger partial charge on any atom is 0.252 e. The summed E-state index contributed by atoms with van der Waals surface area (Å²) in [5.74, 6) is 0.366. The highest BCUT2D eigenvalue weighted by Gasteiger charge is 2.33. The molecule has 1 aliphatic rings. The van der Waals surface area contributed by atoms with Crippen LogP contribution in [0.5, 0.6) is 0 Å². The molecule has 0 atom stereocenters. The van der Waals surface area contributed by atoms with E-state index in [1.807, 2.05) is 43.0 Å². The van der Waals surface area contributed by atoms with Crippen LogP contribution < -0.4 is 5.32 Å². The number of piperidine rings is 1. The van der Waals surface area contributed by atoms with Gasteiger partial charge in [0.25, 0.3) is 5.91 Å². The smallest absolute Gasteiger partial charge is 0.252 e. The third-order valence-corrected chi connectivity index (χ3v) is 5.76. The lowest BCUT2D eigenvalue weighted by Gasteiger charge is -2.36. The fraction of sp³-hybridized carbons (Fsp3) is 0.529. The quantitative estimate of drug-likeness (QED) is 0.568. The Bertz CT molecular complexity index is 584. The highest BCUT2D eigenvalue weighted by atomic mass is 127. The van der Waals surface area contributed by atoms with E-state index in [-0.39, 0.29) is 17.9 Å². The molecule has 0 unspecified atom stereocenters. The molecule has 1 heterocycles. The zero-order valence-corrected chi connectivity index (χ0v) is 16.4. The van der Waals surface area contributed by atoms with Crippen molar-refractivity contribution in [3.63, 3.8) is 0 Å². The molecule has 0 radical (unpaired) electrons. The Kier molecular flexibility index (Phi) is 6.31. The van der Waals surface area contributed by atoms with E-state index in [1.165, 1.54) is 0 Å².